The van der Waals surface area contributed by atoms with E-state index in [2.05, 4.69) is 46.5 Å². The molecule has 0 aliphatic rings. The highest BCUT2D eigenvalue weighted by Crippen LogP contribution is 2.36. The van der Waals surface area contributed by atoms with E-state index in [0.29, 0.717) is 32.1 Å². The fourth-order valence-corrected chi connectivity index (χ4v) is 5.04. The molecule has 1 N–H and O–H groups in total. The van der Waals surface area contributed by atoms with Gasteiger partial charge in [-0.05, 0) is 67.1 Å². The maximum Gasteiger partial charge on any atom is 0.213 e. The number of aliphatic hydroxyl groups excluding tert-OH is 1. The van der Waals surface area contributed by atoms with Crippen LogP contribution >= 0.6 is 11.3 Å². The first-order chi connectivity index (χ1) is 17.6. The summed E-state index contributed by atoms with van der Waals surface area (Å²) < 4.78 is 18.0. The van der Waals surface area contributed by atoms with Crippen LogP contribution in [0.1, 0.15) is 36.1 Å². The average Bonchev–Trinajstić information content (AvgIpc) is 3.31. The van der Waals surface area contributed by atoms with E-state index in [-0.39, 0.29) is 12.5 Å². The van der Waals surface area contributed by atoms with Gasteiger partial charge in [-0.3, -0.25) is 0 Å². The Kier molecular flexibility index (Phi) is 8.96. The van der Waals surface area contributed by atoms with Crippen LogP contribution in [0.2, 0.25) is 0 Å². The first-order valence-corrected chi connectivity index (χ1v) is 12.9. The summed E-state index contributed by atoms with van der Waals surface area (Å²) in [4.78, 5) is 4.63. The third kappa shape index (κ3) is 6.24. The molecule has 2 aromatic carbocycles. The van der Waals surface area contributed by atoms with Gasteiger partial charge in [-0.25, -0.2) is 4.98 Å². The molecule has 0 fully saturated rings. The van der Waals surface area contributed by atoms with E-state index in [1.165, 1.54) is 15.6 Å². The maximum atomic E-state index is 9.30. The Balaban J connectivity index is 1.48. The Hall–Kier alpha value is -3.37. The Bertz CT molecular complexity index is 1350. The fraction of sp³-hybridized carbons (Fsp3) is 0.300. The monoisotopic (exact) mass is 501 g/mol. The van der Waals surface area contributed by atoms with Crippen molar-refractivity contribution in [3.05, 3.63) is 76.8 Å². The van der Waals surface area contributed by atoms with E-state index in [1.54, 1.807) is 18.4 Å². The first-order valence-electron chi connectivity index (χ1n) is 12.0. The lowest BCUT2D eigenvalue weighted by Crippen LogP contribution is -2.05. The average molecular weight is 502 g/mol. The quantitative estimate of drug-likeness (QED) is 0.191. The highest BCUT2D eigenvalue weighted by Gasteiger charge is 2.12. The van der Waals surface area contributed by atoms with E-state index >= 15 is 0 Å². The van der Waals surface area contributed by atoms with Gasteiger partial charge in [0.2, 0.25) is 5.88 Å². The maximum absolute atomic E-state index is 9.30. The van der Waals surface area contributed by atoms with Crippen molar-refractivity contribution in [1.29, 1.82) is 0 Å². The molecule has 0 bridgehead atoms. The molecule has 0 saturated carbocycles. The second-order valence-corrected chi connectivity index (χ2v) is 9.33. The van der Waals surface area contributed by atoms with Gasteiger partial charge >= 0.3 is 0 Å². The molecular formula is C30H31NO4S. The molecule has 36 heavy (non-hydrogen) atoms. The molecule has 0 aliphatic carbocycles. The van der Waals surface area contributed by atoms with Gasteiger partial charge in [0.25, 0.3) is 0 Å². The van der Waals surface area contributed by atoms with Crippen LogP contribution in [0.5, 0.6) is 11.6 Å². The highest BCUT2D eigenvalue weighted by molar-refractivity contribution is 7.17. The van der Waals surface area contributed by atoms with Crippen molar-refractivity contribution in [3.8, 4) is 34.6 Å². The van der Waals surface area contributed by atoms with Crippen LogP contribution < -0.4 is 9.47 Å². The van der Waals surface area contributed by atoms with E-state index in [4.69, 9.17) is 14.2 Å². The number of rotatable bonds is 11. The van der Waals surface area contributed by atoms with Crippen molar-refractivity contribution in [3.63, 3.8) is 0 Å². The molecule has 2 aromatic heterocycles. The van der Waals surface area contributed by atoms with Gasteiger partial charge < -0.3 is 19.3 Å². The number of nitrogens with zero attached hydrogens (tertiary/aromatic N) is 1. The normalized spacial score (nSPS) is 11.7. The minimum absolute atomic E-state index is 0.0393. The summed E-state index contributed by atoms with van der Waals surface area (Å²) in [5.41, 5.74) is 5.39. The van der Waals surface area contributed by atoms with Crippen molar-refractivity contribution in [2.45, 2.75) is 32.8 Å². The van der Waals surface area contributed by atoms with Crippen molar-refractivity contribution >= 4 is 21.4 Å². The zero-order valence-electron chi connectivity index (χ0n) is 20.9. The number of thiophene rings is 1. The smallest absolute Gasteiger partial charge is 0.213 e. The third-order valence-corrected chi connectivity index (χ3v) is 6.91. The molecule has 4 aromatic rings. The number of aliphatic hydroxyl groups is 1. The van der Waals surface area contributed by atoms with Gasteiger partial charge in [0.05, 0.1) is 6.61 Å². The minimum atomic E-state index is 0.0393. The molecule has 0 saturated heterocycles. The van der Waals surface area contributed by atoms with E-state index in [1.807, 2.05) is 44.2 Å². The Morgan fingerprint density at radius 3 is 2.56 bits per heavy atom. The summed E-state index contributed by atoms with van der Waals surface area (Å²) in [5, 5.41) is 12.7. The Morgan fingerprint density at radius 2 is 1.83 bits per heavy atom. The molecular weight excluding hydrogens is 470 g/mol. The van der Waals surface area contributed by atoms with E-state index in [0.717, 1.165) is 28.1 Å². The summed E-state index contributed by atoms with van der Waals surface area (Å²) in [6.45, 7) is 5.44. The molecule has 2 heterocycles. The Morgan fingerprint density at radius 1 is 1.00 bits per heavy atom. The SMILES string of the molecule is CC#C[C@@H](CCO)c1ccc(OCc2ccc3scc(-c4ccc(OCCOC)nc4C)c3c2)cc1. The number of aromatic nitrogens is 1. The lowest BCUT2D eigenvalue weighted by Gasteiger charge is -2.12. The van der Waals surface area contributed by atoms with Crippen molar-refractivity contribution in [2.24, 2.45) is 0 Å². The van der Waals surface area contributed by atoms with Crippen LogP contribution in [0.15, 0.2) is 60.0 Å². The van der Waals surface area contributed by atoms with Gasteiger partial charge in [-0.1, -0.05) is 24.1 Å². The molecule has 5 nitrogen and oxygen atoms in total. The van der Waals surface area contributed by atoms with Gasteiger partial charge in [0.15, 0.2) is 0 Å². The number of aryl methyl sites for hydroxylation is 1. The molecule has 6 heteroatoms. The molecule has 0 amide bonds. The summed E-state index contributed by atoms with van der Waals surface area (Å²) in [6.07, 6.45) is 0.628. The summed E-state index contributed by atoms with van der Waals surface area (Å²) in [5.74, 6) is 7.57. The fourth-order valence-electron chi connectivity index (χ4n) is 4.10. The standard InChI is InChI=1S/C30H31NO4S/c1-4-5-23(14-15-32)24-7-9-25(10-8-24)35-19-22-6-12-29-27(18-22)28(20-36-29)26-11-13-30(31-21(26)2)34-17-16-33-3/h6-13,18,20,23,32H,14-17,19H2,1-3H3/t23-/m0/s1. The lowest BCUT2D eigenvalue weighted by atomic mass is 9.96. The third-order valence-electron chi connectivity index (χ3n) is 5.95. The van der Waals surface area contributed by atoms with E-state index in [9.17, 15) is 5.11 Å². The number of pyridine rings is 1. The first kappa shape index (κ1) is 25.7. The van der Waals surface area contributed by atoms with Crippen LogP contribution in [0.25, 0.3) is 21.2 Å². The summed E-state index contributed by atoms with van der Waals surface area (Å²) in [6, 6.07) is 18.4. The predicted octanol–water partition coefficient (Wildman–Crippen LogP) is 6.37. The second-order valence-electron chi connectivity index (χ2n) is 8.42. The summed E-state index contributed by atoms with van der Waals surface area (Å²) >= 11 is 1.73. The zero-order valence-corrected chi connectivity index (χ0v) is 21.7. The van der Waals surface area contributed by atoms with Crippen LogP contribution in [-0.4, -0.2) is 37.0 Å². The number of methoxy groups -OCH3 is 1. The van der Waals surface area contributed by atoms with Crippen LogP contribution in [0.3, 0.4) is 0 Å². The van der Waals surface area contributed by atoms with Crippen molar-refractivity contribution < 1.29 is 19.3 Å². The second kappa shape index (κ2) is 12.5. The predicted molar refractivity (Wildman–Crippen MR) is 146 cm³/mol. The van der Waals surface area contributed by atoms with Crippen molar-refractivity contribution in [2.75, 3.05) is 26.9 Å². The molecule has 4 rings (SSSR count). The molecule has 0 radical (unpaired) electrons. The van der Waals surface area contributed by atoms with E-state index < -0.39 is 0 Å². The van der Waals surface area contributed by atoms with Crippen LogP contribution in [-0.2, 0) is 11.3 Å². The molecule has 0 spiro atoms. The highest BCUT2D eigenvalue weighted by atomic mass is 32.1. The molecule has 186 valence electrons. The number of fused-ring (bicyclic) bond motifs is 1. The van der Waals surface area contributed by atoms with Crippen molar-refractivity contribution in [1.82, 2.24) is 4.98 Å². The van der Waals surface area contributed by atoms with Crippen LogP contribution in [0, 0.1) is 18.8 Å². The topological polar surface area (TPSA) is 60.8 Å². The molecule has 1 atom stereocenters. The number of ether oxygens (including phenoxy) is 3. The largest absolute Gasteiger partial charge is 0.489 e. The van der Waals surface area contributed by atoms with Gasteiger partial charge in [-0.2, -0.15) is 0 Å². The Labute approximate surface area is 216 Å². The summed E-state index contributed by atoms with van der Waals surface area (Å²) in [7, 11) is 1.65. The molecule has 0 unspecified atom stereocenters. The number of hydrogen-bond acceptors (Lipinski definition) is 6. The lowest BCUT2D eigenvalue weighted by molar-refractivity contribution is 0.143. The number of hydrogen-bond donors (Lipinski definition) is 1. The van der Waals surface area contributed by atoms with Gasteiger partial charge in [0.1, 0.15) is 19.0 Å². The van der Waals surface area contributed by atoms with Crippen LogP contribution in [0.4, 0.5) is 0 Å². The number of benzene rings is 2. The van der Waals surface area contributed by atoms with Gasteiger partial charge in [-0.15, -0.1) is 17.3 Å². The zero-order chi connectivity index (χ0) is 25.3. The minimum Gasteiger partial charge on any atom is -0.489 e. The molecule has 0 aliphatic heterocycles. The van der Waals surface area contributed by atoms with Gasteiger partial charge in [0, 0.05) is 52.6 Å².